The molecule has 100 valence electrons. The predicted octanol–water partition coefficient (Wildman–Crippen LogP) is 6.07. The van der Waals surface area contributed by atoms with Crippen LogP contribution in [0.1, 0.15) is 18.5 Å². The van der Waals surface area contributed by atoms with Crippen molar-refractivity contribution in [1.82, 2.24) is 0 Å². The Bertz CT molecular complexity index is 581. The number of benzene rings is 2. The summed E-state index contributed by atoms with van der Waals surface area (Å²) < 4.78 is 14.3. The Hall–Kier alpha value is -0.770. The van der Waals surface area contributed by atoms with Crippen LogP contribution in [0.2, 0.25) is 10.0 Å². The van der Waals surface area contributed by atoms with Crippen molar-refractivity contribution in [3.63, 3.8) is 0 Å². The summed E-state index contributed by atoms with van der Waals surface area (Å²) in [4.78, 5) is 0. The van der Waals surface area contributed by atoms with Crippen molar-refractivity contribution in [2.75, 3.05) is 5.32 Å². The Morgan fingerprint density at radius 2 is 1.74 bits per heavy atom. The van der Waals surface area contributed by atoms with Gasteiger partial charge in [0.05, 0.1) is 10.0 Å². The molecule has 0 saturated carbocycles. The van der Waals surface area contributed by atoms with Crippen molar-refractivity contribution in [3.8, 4) is 0 Å². The van der Waals surface area contributed by atoms with Gasteiger partial charge in [0.1, 0.15) is 0 Å². The second-order valence-electron chi connectivity index (χ2n) is 4.14. The SMILES string of the molecule is CC(Nc1cc(Cl)c(F)c(Cl)c1)c1ccccc1Br. The lowest BCUT2D eigenvalue weighted by Crippen LogP contribution is -2.07. The first kappa shape index (κ1) is 14.6. The van der Waals surface area contributed by atoms with Crippen LogP contribution in [-0.4, -0.2) is 0 Å². The minimum Gasteiger partial charge on any atom is -0.378 e. The molecule has 0 aliphatic rings. The third kappa shape index (κ3) is 3.41. The van der Waals surface area contributed by atoms with Gasteiger partial charge < -0.3 is 5.32 Å². The lowest BCUT2D eigenvalue weighted by atomic mass is 10.1. The third-order valence-electron chi connectivity index (χ3n) is 2.74. The second kappa shape index (κ2) is 6.12. The maximum Gasteiger partial charge on any atom is 0.160 e. The van der Waals surface area contributed by atoms with Crippen molar-refractivity contribution in [3.05, 3.63) is 62.3 Å². The van der Waals surface area contributed by atoms with E-state index in [2.05, 4.69) is 21.2 Å². The zero-order valence-electron chi connectivity index (χ0n) is 10.1. The minimum atomic E-state index is -0.595. The van der Waals surface area contributed by atoms with Crippen LogP contribution in [0.3, 0.4) is 0 Å². The maximum atomic E-state index is 13.3. The van der Waals surface area contributed by atoms with Gasteiger partial charge in [0.25, 0.3) is 0 Å². The van der Waals surface area contributed by atoms with Crippen LogP contribution in [0.15, 0.2) is 40.9 Å². The summed E-state index contributed by atoms with van der Waals surface area (Å²) in [6, 6.07) is 11.0. The molecule has 1 nitrogen and oxygen atoms in total. The second-order valence-corrected chi connectivity index (χ2v) is 5.81. The van der Waals surface area contributed by atoms with E-state index in [9.17, 15) is 4.39 Å². The van der Waals surface area contributed by atoms with E-state index in [0.717, 1.165) is 10.0 Å². The largest absolute Gasteiger partial charge is 0.378 e. The first-order valence-electron chi connectivity index (χ1n) is 5.64. The van der Waals surface area contributed by atoms with Gasteiger partial charge >= 0.3 is 0 Å². The van der Waals surface area contributed by atoms with Crippen LogP contribution in [0.4, 0.5) is 10.1 Å². The van der Waals surface area contributed by atoms with E-state index in [1.807, 2.05) is 31.2 Å². The van der Waals surface area contributed by atoms with Crippen LogP contribution in [0.25, 0.3) is 0 Å². The first-order chi connectivity index (χ1) is 8.99. The van der Waals surface area contributed by atoms with Crippen molar-refractivity contribution >= 4 is 44.8 Å². The number of nitrogens with one attached hydrogen (secondary N) is 1. The zero-order valence-corrected chi connectivity index (χ0v) is 13.2. The van der Waals surface area contributed by atoms with Crippen molar-refractivity contribution < 1.29 is 4.39 Å². The molecule has 1 unspecified atom stereocenters. The van der Waals surface area contributed by atoms with Gasteiger partial charge in [-0.2, -0.15) is 0 Å². The highest BCUT2D eigenvalue weighted by Crippen LogP contribution is 2.31. The van der Waals surface area contributed by atoms with Crippen LogP contribution in [0.5, 0.6) is 0 Å². The lowest BCUT2D eigenvalue weighted by molar-refractivity contribution is 0.628. The Morgan fingerprint density at radius 3 is 2.32 bits per heavy atom. The van der Waals surface area contributed by atoms with Gasteiger partial charge in [0.2, 0.25) is 0 Å². The number of rotatable bonds is 3. The van der Waals surface area contributed by atoms with Crippen LogP contribution < -0.4 is 5.32 Å². The van der Waals surface area contributed by atoms with E-state index in [4.69, 9.17) is 23.2 Å². The summed E-state index contributed by atoms with van der Waals surface area (Å²) >= 11 is 15.0. The number of hydrogen-bond acceptors (Lipinski definition) is 1. The molecule has 1 atom stereocenters. The van der Waals surface area contributed by atoms with Crippen molar-refractivity contribution in [2.24, 2.45) is 0 Å². The van der Waals surface area contributed by atoms with Crippen molar-refractivity contribution in [1.29, 1.82) is 0 Å². The van der Waals surface area contributed by atoms with Crippen LogP contribution in [-0.2, 0) is 0 Å². The standard InChI is InChI=1S/C14H11BrCl2FN/c1-8(10-4-2-3-5-11(10)15)19-9-6-12(16)14(18)13(17)7-9/h2-8,19H,1H3. The van der Waals surface area contributed by atoms with Gasteiger partial charge in [-0.15, -0.1) is 0 Å². The molecule has 0 amide bonds. The summed E-state index contributed by atoms with van der Waals surface area (Å²) in [5, 5.41) is 3.26. The van der Waals surface area contributed by atoms with Gasteiger partial charge in [-0.05, 0) is 30.7 Å². The van der Waals surface area contributed by atoms with Gasteiger partial charge in [-0.1, -0.05) is 57.3 Å². The summed E-state index contributed by atoms with van der Waals surface area (Å²) in [6.45, 7) is 2.01. The molecule has 0 radical (unpaired) electrons. The van der Waals surface area contributed by atoms with E-state index in [1.165, 1.54) is 12.1 Å². The third-order valence-corrected chi connectivity index (χ3v) is 4.01. The predicted molar refractivity (Wildman–Crippen MR) is 82.6 cm³/mol. The molecule has 5 heteroatoms. The molecule has 0 bridgehead atoms. The van der Waals surface area contributed by atoms with E-state index < -0.39 is 5.82 Å². The summed E-state index contributed by atoms with van der Waals surface area (Å²) in [5.74, 6) is -0.595. The highest BCUT2D eigenvalue weighted by Gasteiger charge is 2.12. The normalized spacial score (nSPS) is 12.3. The van der Waals surface area contributed by atoms with Gasteiger partial charge in [-0.3, -0.25) is 0 Å². The molecule has 0 aromatic heterocycles. The zero-order chi connectivity index (χ0) is 14.0. The van der Waals surface area contributed by atoms with Gasteiger partial charge in [0, 0.05) is 16.2 Å². The van der Waals surface area contributed by atoms with E-state index in [0.29, 0.717) is 5.69 Å². The molecule has 2 aromatic rings. The molecule has 0 fully saturated rings. The summed E-state index contributed by atoms with van der Waals surface area (Å²) in [7, 11) is 0. The number of halogens is 4. The molecule has 2 rings (SSSR count). The first-order valence-corrected chi connectivity index (χ1v) is 7.19. The average molecular weight is 363 g/mol. The fraction of sp³-hybridized carbons (Fsp3) is 0.143. The fourth-order valence-corrected chi connectivity index (χ4v) is 2.91. The monoisotopic (exact) mass is 361 g/mol. The molecule has 0 aliphatic heterocycles. The van der Waals surface area contributed by atoms with Crippen molar-refractivity contribution in [2.45, 2.75) is 13.0 Å². The molecule has 0 aliphatic carbocycles. The average Bonchev–Trinajstić information content (AvgIpc) is 2.36. The Balaban J connectivity index is 2.24. The molecule has 2 aromatic carbocycles. The van der Waals surface area contributed by atoms with Crippen LogP contribution >= 0.6 is 39.1 Å². The Labute approximate surface area is 129 Å². The van der Waals surface area contributed by atoms with Gasteiger partial charge in [0.15, 0.2) is 5.82 Å². The van der Waals surface area contributed by atoms with E-state index in [1.54, 1.807) is 0 Å². The molecule has 0 heterocycles. The Morgan fingerprint density at radius 1 is 1.16 bits per heavy atom. The highest BCUT2D eigenvalue weighted by atomic mass is 79.9. The molecule has 1 N–H and O–H groups in total. The maximum absolute atomic E-state index is 13.3. The summed E-state index contributed by atoms with van der Waals surface area (Å²) in [6.07, 6.45) is 0. The molecular formula is C14H11BrCl2FN. The molecule has 19 heavy (non-hydrogen) atoms. The van der Waals surface area contributed by atoms with Crippen LogP contribution in [0, 0.1) is 5.82 Å². The Kier molecular flexibility index (Phi) is 4.71. The number of anilines is 1. The lowest BCUT2D eigenvalue weighted by Gasteiger charge is -2.17. The minimum absolute atomic E-state index is 0.00864. The number of hydrogen-bond donors (Lipinski definition) is 1. The molecular weight excluding hydrogens is 352 g/mol. The van der Waals surface area contributed by atoms with E-state index in [-0.39, 0.29) is 16.1 Å². The fourth-order valence-electron chi connectivity index (χ4n) is 1.79. The topological polar surface area (TPSA) is 12.0 Å². The molecule has 0 spiro atoms. The smallest absolute Gasteiger partial charge is 0.160 e. The highest BCUT2D eigenvalue weighted by molar-refractivity contribution is 9.10. The quantitative estimate of drug-likeness (QED) is 0.653. The van der Waals surface area contributed by atoms with Gasteiger partial charge in [-0.25, -0.2) is 4.39 Å². The van der Waals surface area contributed by atoms with E-state index >= 15 is 0 Å². The summed E-state index contributed by atoms with van der Waals surface area (Å²) in [5.41, 5.74) is 1.78. The molecule has 0 saturated heterocycles.